The molecule has 0 saturated carbocycles. The lowest BCUT2D eigenvalue weighted by Crippen LogP contribution is -2.18. The predicted molar refractivity (Wildman–Crippen MR) is 50.3 cm³/mol. The second kappa shape index (κ2) is 5.17. The zero-order valence-electron chi connectivity index (χ0n) is 9.26. The fourth-order valence-electron chi connectivity index (χ4n) is 1.37. The van der Waals surface area contributed by atoms with Crippen molar-refractivity contribution < 1.29 is 31.5 Å². The second-order valence-corrected chi connectivity index (χ2v) is 3.21. The summed E-state index contributed by atoms with van der Waals surface area (Å²) in [6.45, 7) is 0. The van der Waals surface area contributed by atoms with Crippen LogP contribution in [0.2, 0.25) is 0 Å². The van der Waals surface area contributed by atoms with Gasteiger partial charge in [-0.1, -0.05) is 0 Å². The van der Waals surface area contributed by atoms with E-state index in [1.165, 1.54) is 6.07 Å². The number of aromatic nitrogens is 1. The van der Waals surface area contributed by atoms with Gasteiger partial charge in [-0.05, 0) is 0 Å². The monoisotopic (exact) mass is 280 g/mol. The van der Waals surface area contributed by atoms with E-state index in [-0.39, 0.29) is 6.20 Å². The van der Waals surface area contributed by atoms with Gasteiger partial charge in [-0.2, -0.15) is 18.4 Å². The largest absolute Gasteiger partial charge is 0.465 e. The molecule has 9 heteroatoms. The van der Waals surface area contributed by atoms with Crippen molar-refractivity contribution in [1.29, 1.82) is 5.26 Å². The number of carbonyl (C=O) groups is 1. The number of alkyl halides is 5. The van der Waals surface area contributed by atoms with Crippen LogP contribution in [0.25, 0.3) is 0 Å². The van der Waals surface area contributed by atoms with Gasteiger partial charge in [-0.25, -0.2) is 18.6 Å². The Bertz CT molecular complexity index is 548. The highest BCUT2D eigenvalue weighted by Crippen LogP contribution is 2.38. The highest BCUT2D eigenvalue weighted by molar-refractivity contribution is 5.93. The molecule has 102 valence electrons. The molecule has 0 unspecified atom stereocenters. The Balaban J connectivity index is 3.75. The van der Waals surface area contributed by atoms with Gasteiger partial charge in [0.2, 0.25) is 0 Å². The maximum absolute atomic E-state index is 12.8. The van der Waals surface area contributed by atoms with Gasteiger partial charge in [-0.3, -0.25) is 0 Å². The molecule has 0 aromatic carbocycles. The molecule has 1 heterocycles. The average molecular weight is 280 g/mol. The first kappa shape index (κ1) is 14.8. The van der Waals surface area contributed by atoms with Crippen molar-refractivity contribution in [2.24, 2.45) is 0 Å². The minimum atomic E-state index is -5.13. The van der Waals surface area contributed by atoms with Crippen LogP contribution in [0.3, 0.4) is 0 Å². The topological polar surface area (TPSA) is 63.0 Å². The van der Waals surface area contributed by atoms with Crippen LogP contribution in [0.4, 0.5) is 22.0 Å². The van der Waals surface area contributed by atoms with Crippen molar-refractivity contribution in [2.45, 2.75) is 12.6 Å². The van der Waals surface area contributed by atoms with Crippen LogP contribution in [-0.4, -0.2) is 18.1 Å². The van der Waals surface area contributed by atoms with Gasteiger partial charge < -0.3 is 4.74 Å². The Hall–Kier alpha value is -2.24. The van der Waals surface area contributed by atoms with Crippen molar-refractivity contribution in [3.05, 3.63) is 28.6 Å². The Morgan fingerprint density at radius 3 is 2.42 bits per heavy atom. The van der Waals surface area contributed by atoms with Gasteiger partial charge in [0.25, 0.3) is 6.43 Å². The van der Waals surface area contributed by atoms with Gasteiger partial charge in [0.15, 0.2) is 5.69 Å². The molecule has 0 amide bonds. The van der Waals surface area contributed by atoms with Gasteiger partial charge in [0.05, 0.1) is 12.7 Å². The lowest BCUT2D eigenvalue weighted by Gasteiger charge is -2.15. The second-order valence-electron chi connectivity index (χ2n) is 3.21. The van der Waals surface area contributed by atoms with Gasteiger partial charge in [-0.15, -0.1) is 0 Å². The smallest absolute Gasteiger partial charge is 0.418 e. The summed E-state index contributed by atoms with van der Waals surface area (Å²) in [5.41, 5.74) is -5.40. The van der Waals surface area contributed by atoms with E-state index >= 15 is 0 Å². The zero-order chi connectivity index (χ0) is 14.8. The third kappa shape index (κ3) is 2.78. The van der Waals surface area contributed by atoms with Crippen molar-refractivity contribution >= 4 is 5.97 Å². The van der Waals surface area contributed by atoms with Crippen molar-refractivity contribution in [3.63, 3.8) is 0 Å². The number of hydrogen-bond acceptors (Lipinski definition) is 4. The van der Waals surface area contributed by atoms with E-state index < -0.39 is 41.0 Å². The Morgan fingerprint density at radius 2 is 2.05 bits per heavy atom. The van der Waals surface area contributed by atoms with E-state index in [4.69, 9.17) is 5.26 Å². The van der Waals surface area contributed by atoms with E-state index in [1.807, 2.05) is 0 Å². The standard InChI is InChI=1S/C10H5F5N2O2/c1-19-9(18)7-5(2-16)17-3-4(10(13,14)15)6(7)8(11)12/h3,8H,1H3. The number of ether oxygens (including phenoxy) is 1. The quantitative estimate of drug-likeness (QED) is 0.617. The van der Waals surface area contributed by atoms with Crippen molar-refractivity contribution in [1.82, 2.24) is 4.98 Å². The molecule has 0 radical (unpaired) electrons. The molecule has 0 atom stereocenters. The fraction of sp³-hybridized carbons (Fsp3) is 0.300. The first-order chi connectivity index (χ1) is 8.73. The summed E-state index contributed by atoms with van der Waals surface area (Å²) >= 11 is 0. The Labute approximate surface area is 103 Å². The lowest BCUT2D eigenvalue weighted by molar-refractivity contribution is -0.139. The molecule has 0 saturated heterocycles. The van der Waals surface area contributed by atoms with Crippen LogP contribution >= 0.6 is 0 Å². The predicted octanol–water partition coefficient (Wildman–Crippen LogP) is 2.70. The van der Waals surface area contributed by atoms with Crippen LogP contribution in [0, 0.1) is 11.3 Å². The maximum Gasteiger partial charge on any atom is 0.418 e. The number of nitriles is 1. The van der Waals surface area contributed by atoms with E-state index in [0.717, 1.165) is 7.11 Å². The Kier molecular flexibility index (Phi) is 4.04. The molecule has 19 heavy (non-hydrogen) atoms. The third-order valence-corrected chi connectivity index (χ3v) is 2.14. The number of pyridine rings is 1. The molecule has 0 spiro atoms. The minimum absolute atomic E-state index is 0.0898. The van der Waals surface area contributed by atoms with Crippen molar-refractivity contribution in [2.75, 3.05) is 7.11 Å². The normalized spacial score (nSPS) is 11.3. The summed E-state index contributed by atoms with van der Waals surface area (Å²) in [5, 5.41) is 8.62. The van der Waals surface area contributed by atoms with Crippen LogP contribution in [0.5, 0.6) is 0 Å². The molecule has 1 rings (SSSR count). The van der Waals surface area contributed by atoms with E-state index in [1.54, 1.807) is 0 Å². The average Bonchev–Trinajstić information content (AvgIpc) is 2.34. The first-order valence-corrected chi connectivity index (χ1v) is 4.60. The molecular formula is C10H5F5N2O2. The first-order valence-electron chi connectivity index (χ1n) is 4.60. The van der Waals surface area contributed by atoms with Crippen LogP contribution in [0.1, 0.15) is 33.6 Å². The van der Waals surface area contributed by atoms with Gasteiger partial charge in [0, 0.05) is 11.8 Å². The molecule has 0 aliphatic rings. The third-order valence-electron chi connectivity index (χ3n) is 2.14. The summed E-state index contributed by atoms with van der Waals surface area (Å²) in [4.78, 5) is 14.3. The molecule has 1 aromatic heterocycles. The SMILES string of the molecule is COC(=O)c1c(C#N)ncc(C(F)(F)F)c1C(F)F. The van der Waals surface area contributed by atoms with Gasteiger partial charge >= 0.3 is 12.1 Å². The lowest BCUT2D eigenvalue weighted by atomic mass is 10.0. The highest BCUT2D eigenvalue weighted by atomic mass is 19.4. The summed E-state index contributed by atoms with van der Waals surface area (Å²) in [6.07, 6.45) is -8.65. The summed E-state index contributed by atoms with van der Waals surface area (Å²) in [5.74, 6) is -1.48. The molecule has 4 nitrogen and oxygen atoms in total. The Morgan fingerprint density at radius 1 is 1.47 bits per heavy atom. The molecule has 1 aromatic rings. The number of hydrogen-bond donors (Lipinski definition) is 0. The molecule has 0 fully saturated rings. The number of esters is 1. The molecule has 0 aliphatic heterocycles. The fourth-order valence-corrected chi connectivity index (χ4v) is 1.37. The van der Waals surface area contributed by atoms with Crippen LogP contribution in [-0.2, 0) is 10.9 Å². The number of rotatable bonds is 2. The van der Waals surface area contributed by atoms with Crippen LogP contribution < -0.4 is 0 Å². The van der Waals surface area contributed by atoms with E-state index in [2.05, 4.69) is 9.72 Å². The number of methoxy groups -OCH3 is 1. The van der Waals surface area contributed by atoms with Gasteiger partial charge in [0.1, 0.15) is 11.6 Å². The minimum Gasteiger partial charge on any atom is -0.465 e. The highest BCUT2D eigenvalue weighted by Gasteiger charge is 2.40. The maximum atomic E-state index is 12.8. The summed E-state index contributed by atoms with van der Waals surface area (Å²) in [7, 11) is 0.791. The van der Waals surface area contributed by atoms with E-state index in [9.17, 15) is 26.7 Å². The molecule has 0 bridgehead atoms. The number of halogens is 5. The van der Waals surface area contributed by atoms with Crippen LogP contribution in [0.15, 0.2) is 6.20 Å². The number of nitrogens with zero attached hydrogens (tertiary/aromatic N) is 2. The number of carbonyl (C=O) groups excluding carboxylic acids is 1. The molecular weight excluding hydrogens is 275 g/mol. The zero-order valence-corrected chi connectivity index (χ0v) is 9.26. The summed E-state index contributed by atoms with van der Waals surface area (Å²) in [6, 6.07) is 1.27. The van der Waals surface area contributed by atoms with Crippen molar-refractivity contribution in [3.8, 4) is 6.07 Å². The molecule has 0 N–H and O–H groups in total. The molecule has 0 aliphatic carbocycles. The van der Waals surface area contributed by atoms with E-state index in [0.29, 0.717) is 0 Å². The summed E-state index contributed by atoms with van der Waals surface area (Å²) < 4.78 is 67.4.